The number of esters is 1. The molecule has 0 amide bonds. The Balaban J connectivity index is 2.32. The molecule has 116 valence electrons. The third-order valence-electron chi connectivity index (χ3n) is 3.52. The van der Waals surface area contributed by atoms with Crippen LogP contribution in [0.2, 0.25) is 0 Å². The second-order valence-corrected chi connectivity index (χ2v) is 8.52. The molecular formula is C13H15Br2NO4S. The predicted molar refractivity (Wildman–Crippen MR) is 85.5 cm³/mol. The number of benzene rings is 1. The van der Waals surface area contributed by atoms with Gasteiger partial charge >= 0.3 is 5.97 Å². The van der Waals surface area contributed by atoms with Gasteiger partial charge in [0, 0.05) is 22.0 Å². The van der Waals surface area contributed by atoms with Crippen LogP contribution in [0.3, 0.4) is 0 Å². The first-order chi connectivity index (χ1) is 9.77. The molecule has 1 heterocycles. The summed E-state index contributed by atoms with van der Waals surface area (Å²) in [6, 6.07) is 3.34. The zero-order chi connectivity index (χ0) is 15.8. The molecule has 1 aliphatic rings. The van der Waals surface area contributed by atoms with Crippen LogP contribution in [0.5, 0.6) is 0 Å². The number of hydrogen-bond acceptors (Lipinski definition) is 4. The van der Waals surface area contributed by atoms with Crippen molar-refractivity contribution in [2.45, 2.75) is 18.2 Å². The van der Waals surface area contributed by atoms with Gasteiger partial charge in [-0.1, -0.05) is 15.9 Å². The smallest absolute Gasteiger partial charge is 0.310 e. The summed E-state index contributed by atoms with van der Waals surface area (Å²) < 4.78 is 32.7. The molecule has 2 rings (SSSR count). The zero-order valence-corrected chi connectivity index (χ0v) is 15.6. The van der Waals surface area contributed by atoms with Crippen molar-refractivity contribution < 1.29 is 17.9 Å². The molecule has 1 saturated heterocycles. The maximum absolute atomic E-state index is 12.7. The van der Waals surface area contributed by atoms with E-state index in [1.807, 2.05) is 6.92 Å². The van der Waals surface area contributed by atoms with Crippen molar-refractivity contribution >= 4 is 47.9 Å². The molecule has 8 heteroatoms. The van der Waals surface area contributed by atoms with E-state index in [9.17, 15) is 13.2 Å². The highest BCUT2D eigenvalue weighted by atomic mass is 79.9. The van der Waals surface area contributed by atoms with Crippen molar-refractivity contribution in [1.82, 2.24) is 4.31 Å². The molecule has 0 spiro atoms. The normalized spacial score (nSPS) is 19.7. The van der Waals surface area contributed by atoms with Gasteiger partial charge in [-0.3, -0.25) is 4.79 Å². The summed E-state index contributed by atoms with van der Waals surface area (Å²) in [5.41, 5.74) is 0.940. The van der Waals surface area contributed by atoms with Crippen molar-refractivity contribution in [3.05, 3.63) is 26.6 Å². The first kappa shape index (κ1) is 16.9. The Kier molecular flexibility index (Phi) is 5.12. The van der Waals surface area contributed by atoms with Crippen molar-refractivity contribution in [1.29, 1.82) is 0 Å². The Morgan fingerprint density at radius 3 is 2.62 bits per heavy atom. The first-order valence-electron chi connectivity index (χ1n) is 6.31. The topological polar surface area (TPSA) is 63.7 Å². The SMILES string of the molecule is COC(=O)C1CCN(S(=O)(=O)c2cc(Br)c(C)cc2Br)C1. The Morgan fingerprint density at radius 2 is 2.00 bits per heavy atom. The highest BCUT2D eigenvalue weighted by molar-refractivity contribution is 9.11. The minimum atomic E-state index is -3.63. The third-order valence-corrected chi connectivity index (χ3v) is 7.19. The molecule has 0 aliphatic carbocycles. The number of hydrogen-bond donors (Lipinski definition) is 0. The van der Waals surface area contributed by atoms with Gasteiger partial charge in [-0.15, -0.1) is 0 Å². The standard InChI is InChI=1S/C13H15Br2NO4S/c1-8-5-11(15)12(6-10(8)14)21(18,19)16-4-3-9(7-16)13(17)20-2/h5-6,9H,3-4,7H2,1-2H3. The number of ether oxygens (including phenoxy) is 1. The van der Waals surface area contributed by atoms with E-state index in [0.29, 0.717) is 17.4 Å². The van der Waals surface area contributed by atoms with Crippen molar-refractivity contribution in [3.8, 4) is 0 Å². The minimum Gasteiger partial charge on any atom is -0.469 e. The van der Waals surface area contributed by atoms with Crippen LogP contribution in [0.15, 0.2) is 26.0 Å². The largest absolute Gasteiger partial charge is 0.469 e. The molecule has 1 aromatic carbocycles. The van der Waals surface area contributed by atoms with E-state index in [1.165, 1.54) is 11.4 Å². The number of rotatable bonds is 3. The maximum Gasteiger partial charge on any atom is 0.310 e. The highest BCUT2D eigenvalue weighted by Gasteiger charge is 2.37. The van der Waals surface area contributed by atoms with Crippen LogP contribution >= 0.6 is 31.9 Å². The third kappa shape index (κ3) is 3.33. The average molecular weight is 441 g/mol. The minimum absolute atomic E-state index is 0.160. The molecule has 0 bridgehead atoms. The van der Waals surface area contributed by atoms with Gasteiger partial charge in [0.25, 0.3) is 0 Å². The summed E-state index contributed by atoms with van der Waals surface area (Å²) in [4.78, 5) is 11.7. The van der Waals surface area contributed by atoms with Crippen LogP contribution < -0.4 is 0 Å². The van der Waals surface area contributed by atoms with Gasteiger partial charge in [-0.2, -0.15) is 4.31 Å². The molecule has 0 radical (unpaired) electrons. The van der Waals surface area contributed by atoms with E-state index in [-0.39, 0.29) is 17.4 Å². The fourth-order valence-electron chi connectivity index (χ4n) is 2.27. The summed E-state index contributed by atoms with van der Waals surface area (Å²) >= 11 is 6.65. The number of carbonyl (C=O) groups excluding carboxylic acids is 1. The molecule has 21 heavy (non-hydrogen) atoms. The fourth-order valence-corrected chi connectivity index (χ4v) is 5.41. The Bertz CT molecular complexity index is 675. The van der Waals surface area contributed by atoms with Crippen molar-refractivity contribution in [2.24, 2.45) is 5.92 Å². The lowest BCUT2D eigenvalue weighted by Crippen LogP contribution is -2.30. The van der Waals surface area contributed by atoms with Gasteiger partial charge < -0.3 is 4.74 Å². The van der Waals surface area contributed by atoms with Gasteiger partial charge in [-0.05, 0) is 47.0 Å². The molecule has 1 atom stereocenters. The van der Waals surface area contributed by atoms with E-state index in [1.54, 1.807) is 12.1 Å². The molecule has 1 aromatic rings. The zero-order valence-electron chi connectivity index (χ0n) is 11.6. The fraction of sp³-hybridized carbons (Fsp3) is 0.462. The van der Waals surface area contributed by atoms with Gasteiger partial charge in [0.1, 0.15) is 0 Å². The first-order valence-corrected chi connectivity index (χ1v) is 9.33. The molecule has 5 nitrogen and oxygen atoms in total. The van der Waals surface area contributed by atoms with E-state index < -0.39 is 15.9 Å². The summed E-state index contributed by atoms with van der Waals surface area (Å²) in [6.45, 7) is 2.36. The van der Waals surface area contributed by atoms with Gasteiger partial charge in [0.15, 0.2) is 0 Å². The molecule has 0 N–H and O–H groups in total. The average Bonchev–Trinajstić information content (AvgIpc) is 2.92. The predicted octanol–water partition coefficient (Wildman–Crippen LogP) is 2.70. The number of aryl methyl sites for hydroxylation is 1. The quantitative estimate of drug-likeness (QED) is 0.678. The lowest BCUT2D eigenvalue weighted by atomic mass is 10.1. The van der Waals surface area contributed by atoms with E-state index >= 15 is 0 Å². The lowest BCUT2D eigenvalue weighted by Gasteiger charge is -2.18. The van der Waals surface area contributed by atoms with E-state index in [4.69, 9.17) is 0 Å². The van der Waals surface area contributed by atoms with Crippen LogP contribution in [0.25, 0.3) is 0 Å². The van der Waals surface area contributed by atoms with Crippen molar-refractivity contribution in [2.75, 3.05) is 20.2 Å². The second-order valence-electron chi connectivity index (χ2n) is 4.90. The number of carbonyl (C=O) groups is 1. The summed E-state index contributed by atoms with van der Waals surface area (Å²) in [5.74, 6) is -0.755. The molecule has 1 aliphatic heterocycles. The number of nitrogens with zero attached hydrogens (tertiary/aromatic N) is 1. The van der Waals surface area contributed by atoms with Gasteiger partial charge in [0.2, 0.25) is 10.0 Å². The van der Waals surface area contributed by atoms with Crippen LogP contribution in [-0.4, -0.2) is 38.9 Å². The van der Waals surface area contributed by atoms with E-state index in [2.05, 4.69) is 36.6 Å². The van der Waals surface area contributed by atoms with Crippen LogP contribution in [0.4, 0.5) is 0 Å². The molecule has 0 saturated carbocycles. The van der Waals surface area contributed by atoms with Crippen LogP contribution in [0, 0.1) is 12.8 Å². The number of halogens is 2. The number of sulfonamides is 1. The van der Waals surface area contributed by atoms with Gasteiger partial charge in [0.05, 0.1) is 17.9 Å². The molecule has 1 fully saturated rings. The number of methoxy groups -OCH3 is 1. The monoisotopic (exact) mass is 439 g/mol. The second kappa shape index (κ2) is 6.36. The molecular weight excluding hydrogens is 426 g/mol. The van der Waals surface area contributed by atoms with Gasteiger partial charge in [-0.25, -0.2) is 8.42 Å². The Labute approximate surface area is 141 Å². The van der Waals surface area contributed by atoms with E-state index in [0.717, 1.165) is 10.0 Å². The maximum atomic E-state index is 12.7. The Morgan fingerprint density at radius 1 is 1.33 bits per heavy atom. The molecule has 1 unspecified atom stereocenters. The molecule has 0 aromatic heterocycles. The van der Waals surface area contributed by atoms with Crippen LogP contribution in [0.1, 0.15) is 12.0 Å². The van der Waals surface area contributed by atoms with Crippen LogP contribution in [-0.2, 0) is 19.6 Å². The summed E-state index contributed by atoms with van der Waals surface area (Å²) in [6.07, 6.45) is 0.483. The highest BCUT2D eigenvalue weighted by Crippen LogP contribution is 2.33. The summed E-state index contributed by atoms with van der Waals surface area (Å²) in [7, 11) is -2.32. The lowest BCUT2D eigenvalue weighted by molar-refractivity contribution is -0.144. The summed E-state index contributed by atoms with van der Waals surface area (Å²) in [5, 5.41) is 0. The Hall–Kier alpha value is -0.440. The van der Waals surface area contributed by atoms with Crippen molar-refractivity contribution in [3.63, 3.8) is 0 Å².